The number of hydrogen-bond donors (Lipinski definition) is 2. The van der Waals surface area contributed by atoms with Gasteiger partial charge in [0.15, 0.2) is 0 Å². The van der Waals surface area contributed by atoms with Gasteiger partial charge in [-0.05, 0) is 94.3 Å². The monoisotopic (exact) mass is 658 g/mol. The van der Waals surface area contributed by atoms with Crippen molar-refractivity contribution in [2.24, 2.45) is 17.8 Å². The van der Waals surface area contributed by atoms with Crippen molar-refractivity contribution in [2.45, 2.75) is 88.5 Å². The molecule has 0 radical (unpaired) electrons. The van der Waals surface area contributed by atoms with Gasteiger partial charge < -0.3 is 25.2 Å². The first kappa shape index (κ1) is 32.4. The number of likely N-dealkylation sites (tertiary alicyclic amines) is 2. The van der Waals surface area contributed by atoms with Gasteiger partial charge in [-0.1, -0.05) is 79.4 Å². The molecule has 2 bridgehead atoms. The number of aryl methyl sites for hydroxylation is 1. The Labute approximate surface area is 283 Å². The molecule has 9 heteroatoms. The number of nitrogens with one attached hydrogen (secondary N) is 2. The third kappa shape index (κ3) is 6.49. The van der Waals surface area contributed by atoms with Crippen molar-refractivity contribution in [3.05, 3.63) is 76.8 Å². The molecule has 1 saturated carbocycles. The Morgan fingerprint density at radius 3 is 2.49 bits per heavy atom. The summed E-state index contributed by atoms with van der Waals surface area (Å²) in [6.07, 6.45) is 12.7. The summed E-state index contributed by atoms with van der Waals surface area (Å²) in [6.45, 7) is 5.32. The van der Waals surface area contributed by atoms with Crippen molar-refractivity contribution >= 4 is 35.0 Å². The van der Waals surface area contributed by atoms with Crippen molar-refractivity contribution in [1.29, 1.82) is 0 Å². The maximum Gasteiger partial charge on any atom is 0.246 e. The van der Waals surface area contributed by atoms with Gasteiger partial charge in [-0.25, -0.2) is 0 Å². The summed E-state index contributed by atoms with van der Waals surface area (Å²) >= 11 is 6.33. The Balaban J connectivity index is 1.04. The first-order valence-corrected chi connectivity index (χ1v) is 18.0. The van der Waals surface area contributed by atoms with E-state index in [-0.39, 0.29) is 23.8 Å². The highest BCUT2D eigenvalue weighted by molar-refractivity contribution is 6.31. The summed E-state index contributed by atoms with van der Waals surface area (Å²) in [5.41, 5.74) is 1.75. The van der Waals surface area contributed by atoms with E-state index in [1.54, 1.807) is 11.0 Å². The number of halogens is 1. The molecule has 0 aromatic heterocycles. The van der Waals surface area contributed by atoms with Crippen LogP contribution in [0.25, 0.3) is 0 Å². The summed E-state index contributed by atoms with van der Waals surface area (Å²) in [7, 11) is 0. The van der Waals surface area contributed by atoms with Crippen LogP contribution in [0.4, 0.5) is 5.69 Å². The highest BCUT2D eigenvalue weighted by atomic mass is 35.5. The van der Waals surface area contributed by atoms with E-state index in [2.05, 4.69) is 45.9 Å². The summed E-state index contributed by atoms with van der Waals surface area (Å²) in [6, 6.07) is 15.4. The smallest absolute Gasteiger partial charge is 0.246 e. The van der Waals surface area contributed by atoms with Crippen LogP contribution < -0.4 is 10.6 Å². The van der Waals surface area contributed by atoms with E-state index in [0.29, 0.717) is 23.2 Å². The van der Waals surface area contributed by atoms with Gasteiger partial charge in [-0.3, -0.25) is 14.4 Å². The quantitative estimate of drug-likeness (QED) is 0.328. The SMILES string of the molecule is Cc1ccc(NC(=O)[C@H]2[C@H]3C=C[C@]4(O3)[C@H](C(=O)NC3CCCCC3)N(CCCN3CCC(Cc5ccccc5)CC3)C(=O)[C@@H]24)cc1Cl. The average molecular weight is 659 g/mol. The molecule has 2 N–H and O–H groups in total. The maximum atomic E-state index is 14.4. The molecular weight excluding hydrogens is 612 g/mol. The van der Waals surface area contributed by atoms with Crippen molar-refractivity contribution in [3.8, 4) is 0 Å². The highest BCUT2D eigenvalue weighted by Gasteiger charge is 2.72. The predicted octanol–water partition coefficient (Wildman–Crippen LogP) is 5.53. The normalized spacial score (nSPS) is 29.3. The molecule has 250 valence electrons. The van der Waals surface area contributed by atoms with E-state index in [9.17, 15) is 14.4 Å². The molecule has 4 fully saturated rings. The Morgan fingerprint density at radius 2 is 1.74 bits per heavy atom. The first-order chi connectivity index (χ1) is 22.8. The van der Waals surface area contributed by atoms with Crippen LogP contribution in [-0.4, -0.2) is 77.5 Å². The van der Waals surface area contributed by atoms with Gasteiger partial charge in [0.05, 0.1) is 17.9 Å². The fraction of sp³-hybridized carbons (Fsp3) is 0.553. The number of carbonyl (C=O) groups excluding carboxylic acids is 3. The van der Waals surface area contributed by atoms with E-state index in [1.165, 1.54) is 12.0 Å². The number of benzene rings is 2. The molecular formula is C38H47ClN4O4. The molecule has 7 rings (SSSR count). The zero-order chi connectivity index (χ0) is 32.5. The molecule has 3 amide bonds. The molecule has 1 spiro atoms. The lowest BCUT2D eigenvalue weighted by molar-refractivity contribution is -0.141. The van der Waals surface area contributed by atoms with E-state index >= 15 is 0 Å². The molecule has 2 aromatic rings. The zero-order valence-corrected chi connectivity index (χ0v) is 28.1. The number of carbonyl (C=O) groups is 3. The summed E-state index contributed by atoms with van der Waals surface area (Å²) in [5.74, 6) is -1.40. The Morgan fingerprint density at radius 1 is 0.979 bits per heavy atom. The van der Waals surface area contributed by atoms with Crippen LogP contribution in [0.5, 0.6) is 0 Å². The van der Waals surface area contributed by atoms with Gasteiger partial charge in [-0.2, -0.15) is 0 Å². The topological polar surface area (TPSA) is 91.0 Å². The summed E-state index contributed by atoms with van der Waals surface area (Å²) in [5, 5.41) is 6.83. The maximum absolute atomic E-state index is 14.4. The summed E-state index contributed by atoms with van der Waals surface area (Å²) < 4.78 is 6.55. The van der Waals surface area contributed by atoms with Gasteiger partial charge >= 0.3 is 0 Å². The van der Waals surface area contributed by atoms with E-state index in [0.717, 1.165) is 76.6 Å². The lowest BCUT2D eigenvalue weighted by Gasteiger charge is -2.35. The lowest BCUT2D eigenvalue weighted by atomic mass is 9.74. The molecule has 5 aliphatic rings. The van der Waals surface area contributed by atoms with E-state index in [1.807, 2.05) is 31.2 Å². The van der Waals surface area contributed by atoms with Gasteiger partial charge in [-0.15, -0.1) is 0 Å². The second-order valence-electron chi connectivity index (χ2n) is 14.4. The molecule has 4 aliphatic heterocycles. The fourth-order valence-corrected chi connectivity index (χ4v) is 8.94. The molecule has 0 unspecified atom stereocenters. The highest BCUT2D eigenvalue weighted by Crippen LogP contribution is 2.55. The second kappa shape index (κ2) is 13.7. The third-order valence-corrected chi connectivity index (χ3v) is 11.7. The number of anilines is 1. The number of rotatable bonds is 10. The second-order valence-corrected chi connectivity index (χ2v) is 14.8. The van der Waals surface area contributed by atoms with Crippen molar-refractivity contribution < 1.29 is 19.1 Å². The lowest BCUT2D eigenvalue weighted by Crippen LogP contribution is -2.56. The van der Waals surface area contributed by atoms with Gasteiger partial charge in [0.1, 0.15) is 11.6 Å². The van der Waals surface area contributed by atoms with Crippen LogP contribution in [0.3, 0.4) is 0 Å². The Hall–Kier alpha value is -3.20. The number of nitrogens with zero attached hydrogens (tertiary/aromatic N) is 2. The number of ether oxygens (including phenoxy) is 1. The van der Waals surface area contributed by atoms with Gasteiger partial charge in [0.25, 0.3) is 0 Å². The van der Waals surface area contributed by atoms with Crippen molar-refractivity contribution in [1.82, 2.24) is 15.1 Å². The largest absolute Gasteiger partial charge is 0.359 e. The van der Waals surface area contributed by atoms with Crippen LogP contribution in [0.1, 0.15) is 62.5 Å². The van der Waals surface area contributed by atoms with Crippen LogP contribution in [0.15, 0.2) is 60.7 Å². The van der Waals surface area contributed by atoms with E-state index < -0.39 is 29.6 Å². The molecule has 8 nitrogen and oxygen atoms in total. The standard InChI is InChI=1S/C38H47ClN4O4/c1-25-13-14-29(24-30(25)39)41-35(44)32-31-15-18-38(47-31)33(32)37(46)43(34(38)36(45)40-28-11-6-3-7-12-28)20-8-19-42-21-16-27(17-22-42)23-26-9-4-2-5-10-26/h2,4-5,9-10,13-15,18,24,27-28,31-34H,3,6-8,11-12,16-17,19-23H2,1H3,(H,40,45)(H,41,44)/t31-,32+,33-,34+,38-/m1/s1. The fourth-order valence-electron chi connectivity index (χ4n) is 8.76. The summed E-state index contributed by atoms with van der Waals surface area (Å²) in [4.78, 5) is 46.5. The number of fused-ring (bicyclic) bond motifs is 1. The third-order valence-electron chi connectivity index (χ3n) is 11.3. The molecule has 5 atom stereocenters. The molecule has 47 heavy (non-hydrogen) atoms. The van der Waals surface area contributed by atoms with Crippen LogP contribution in [0.2, 0.25) is 5.02 Å². The molecule has 4 heterocycles. The zero-order valence-electron chi connectivity index (χ0n) is 27.3. The first-order valence-electron chi connectivity index (χ1n) is 17.6. The minimum atomic E-state index is -1.15. The van der Waals surface area contributed by atoms with Crippen molar-refractivity contribution in [3.63, 3.8) is 0 Å². The van der Waals surface area contributed by atoms with Crippen LogP contribution in [0, 0.1) is 24.7 Å². The van der Waals surface area contributed by atoms with E-state index in [4.69, 9.17) is 16.3 Å². The average Bonchev–Trinajstić information content (AvgIpc) is 3.72. The Kier molecular flexibility index (Phi) is 9.45. The Bertz CT molecular complexity index is 1500. The number of hydrogen-bond acceptors (Lipinski definition) is 5. The number of amides is 3. The predicted molar refractivity (Wildman–Crippen MR) is 183 cm³/mol. The molecule has 2 aromatic carbocycles. The molecule has 3 saturated heterocycles. The van der Waals surface area contributed by atoms with Crippen molar-refractivity contribution in [2.75, 3.05) is 31.5 Å². The van der Waals surface area contributed by atoms with Crippen LogP contribution in [-0.2, 0) is 25.5 Å². The van der Waals surface area contributed by atoms with Crippen LogP contribution >= 0.6 is 11.6 Å². The minimum absolute atomic E-state index is 0.105. The van der Waals surface area contributed by atoms with Gasteiger partial charge in [0.2, 0.25) is 17.7 Å². The minimum Gasteiger partial charge on any atom is -0.359 e. The number of piperidine rings is 1. The van der Waals surface area contributed by atoms with Gasteiger partial charge in [0, 0.05) is 23.3 Å². The molecule has 1 aliphatic carbocycles.